The average Bonchev–Trinajstić information content (AvgIpc) is 3.18. The van der Waals surface area contributed by atoms with Crippen LogP contribution in [0.5, 0.6) is 11.5 Å². The van der Waals surface area contributed by atoms with E-state index in [4.69, 9.17) is 4.74 Å². The average molecular weight is 496 g/mol. The zero-order valence-electron chi connectivity index (χ0n) is 19.4. The number of nitrogens with zero attached hydrogens (tertiary/aromatic N) is 1. The fourth-order valence-corrected chi connectivity index (χ4v) is 5.98. The van der Waals surface area contributed by atoms with Crippen LogP contribution in [0, 0.1) is 18.7 Å². The first kappa shape index (κ1) is 23.7. The maximum Gasteiger partial charge on any atom is 0.123 e. The van der Waals surface area contributed by atoms with E-state index in [2.05, 4.69) is 4.90 Å². The van der Waals surface area contributed by atoms with Crippen LogP contribution in [-0.4, -0.2) is 48.0 Å². The van der Waals surface area contributed by atoms with E-state index in [0.717, 1.165) is 51.3 Å². The Balaban J connectivity index is 1.39. The number of phenols is 1. The lowest BCUT2D eigenvalue weighted by atomic mass is 9.94. The van der Waals surface area contributed by atoms with Crippen LogP contribution < -0.4 is 4.74 Å². The Hall–Kier alpha value is -3.00. The number of hydrogen-bond acceptors (Lipinski definition) is 5. The molecule has 1 unspecified atom stereocenters. The number of alkyl halides is 1. The molecule has 0 aliphatic carbocycles. The highest BCUT2D eigenvalue weighted by Gasteiger charge is 2.26. The molecule has 4 nitrogen and oxygen atoms in total. The SMILES string of the molecule is Cc1cc(F)ccc1-c1sc2cc(O)ccc2c1C(O)c1ccc(OCCN2CC(CF)C2)cc1. The number of aromatic hydroxyl groups is 1. The fraction of sp³-hybridized carbons (Fsp3) is 0.286. The largest absolute Gasteiger partial charge is 0.508 e. The monoisotopic (exact) mass is 495 g/mol. The molecule has 4 aromatic rings. The number of ether oxygens (including phenoxy) is 1. The van der Waals surface area contributed by atoms with Crippen molar-refractivity contribution in [2.24, 2.45) is 5.92 Å². The summed E-state index contributed by atoms with van der Waals surface area (Å²) in [5.41, 5.74) is 3.06. The number of rotatable bonds is 8. The summed E-state index contributed by atoms with van der Waals surface area (Å²) < 4.78 is 33.0. The van der Waals surface area contributed by atoms with Crippen LogP contribution in [0.4, 0.5) is 8.78 Å². The molecule has 182 valence electrons. The van der Waals surface area contributed by atoms with E-state index in [-0.39, 0.29) is 24.2 Å². The first-order valence-electron chi connectivity index (χ1n) is 11.6. The van der Waals surface area contributed by atoms with Gasteiger partial charge in [0.25, 0.3) is 0 Å². The van der Waals surface area contributed by atoms with Crippen molar-refractivity contribution >= 4 is 21.4 Å². The van der Waals surface area contributed by atoms with Crippen LogP contribution >= 0.6 is 11.3 Å². The Morgan fingerprint density at radius 1 is 1.09 bits per heavy atom. The van der Waals surface area contributed by atoms with E-state index >= 15 is 0 Å². The van der Waals surface area contributed by atoms with Gasteiger partial charge in [-0.15, -0.1) is 11.3 Å². The highest BCUT2D eigenvalue weighted by Crippen LogP contribution is 2.45. The molecule has 2 N–H and O–H groups in total. The van der Waals surface area contributed by atoms with E-state index in [1.165, 1.54) is 23.5 Å². The molecule has 0 radical (unpaired) electrons. The van der Waals surface area contributed by atoms with Gasteiger partial charge in [0.15, 0.2) is 0 Å². The van der Waals surface area contributed by atoms with Crippen molar-refractivity contribution in [2.45, 2.75) is 13.0 Å². The second kappa shape index (κ2) is 9.93. The molecule has 0 saturated carbocycles. The molecule has 1 saturated heterocycles. The molecular formula is C28H27F2NO3S. The number of hydrogen-bond donors (Lipinski definition) is 2. The predicted octanol–water partition coefficient (Wildman–Crippen LogP) is 6.08. The number of halogens is 2. The van der Waals surface area contributed by atoms with Crippen LogP contribution in [-0.2, 0) is 0 Å². The smallest absolute Gasteiger partial charge is 0.123 e. The number of aryl methyl sites for hydroxylation is 1. The number of likely N-dealkylation sites (tertiary alicyclic amines) is 1. The van der Waals surface area contributed by atoms with Gasteiger partial charge in [-0.25, -0.2) is 4.39 Å². The van der Waals surface area contributed by atoms with E-state index in [0.29, 0.717) is 17.9 Å². The molecule has 1 aliphatic rings. The van der Waals surface area contributed by atoms with Gasteiger partial charge in [0.1, 0.15) is 30.0 Å². The third-order valence-corrected chi connectivity index (χ3v) is 7.74. The molecule has 2 heterocycles. The van der Waals surface area contributed by atoms with Crippen molar-refractivity contribution in [3.05, 3.63) is 83.2 Å². The van der Waals surface area contributed by atoms with Crippen molar-refractivity contribution < 1.29 is 23.7 Å². The third-order valence-electron chi connectivity index (χ3n) is 6.54. The molecule has 35 heavy (non-hydrogen) atoms. The molecule has 1 aliphatic heterocycles. The number of phenolic OH excluding ortho intramolecular Hbond substituents is 1. The van der Waals surface area contributed by atoms with Crippen LogP contribution in [0.25, 0.3) is 20.5 Å². The first-order valence-corrected chi connectivity index (χ1v) is 12.5. The van der Waals surface area contributed by atoms with Gasteiger partial charge < -0.3 is 14.9 Å². The molecule has 1 atom stereocenters. The zero-order valence-corrected chi connectivity index (χ0v) is 20.2. The lowest BCUT2D eigenvalue weighted by molar-refractivity contribution is 0.0668. The second-order valence-electron chi connectivity index (χ2n) is 9.08. The summed E-state index contributed by atoms with van der Waals surface area (Å²) in [6.45, 7) is 4.44. The normalized spacial score (nSPS) is 15.3. The molecule has 1 aromatic heterocycles. The zero-order chi connectivity index (χ0) is 24.5. The summed E-state index contributed by atoms with van der Waals surface area (Å²) >= 11 is 1.47. The van der Waals surface area contributed by atoms with E-state index in [1.54, 1.807) is 18.2 Å². The molecule has 0 bridgehead atoms. The Bertz CT molecular complexity index is 1330. The Morgan fingerprint density at radius 3 is 2.57 bits per heavy atom. The number of aliphatic hydroxyl groups excluding tert-OH is 1. The Labute approximate surface area is 207 Å². The number of benzene rings is 3. The van der Waals surface area contributed by atoms with Crippen molar-refractivity contribution in [1.29, 1.82) is 0 Å². The minimum atomic E-state index is -0.916. The van der Waals surface area contributed by atoms with Crippen molar-refractivity contribution in [1.82, 2.24) is 4.90 Å². The van der Waals surface area contributed by atoms with Gasteiger partial charge in [-0.3, -0.25) is 9.29 Å². The van der Waals surface area contributed by atoms with Gasteiger partial charge >= 0.3 is 0 Å². The van der Waals surface area contributed by atoms with Crippen LogP contribution in [0.15, 0.2) is 60.7 Å². The standard InChI is InChI=1S/C28H27F2NO3S/c1-17-12-20(30)4-8-23(17)28-26(24-9-5-21(32)13-25(24)35-28)27(33)19-2-6-22(7-3-19)34-11-10-31-15-18(14-29)16-31/h2-9,12-13,18,27,32-33H,10-11,14-16H2,1H3. The highest BCUT2D eigenvalue weighted by molar-refractivity contribution is 7.22. The van der Waals surface area contributed by atoms with Gasteiger partial charge in [-0.1, -0.05) is 18.2 Å². The lowest BCUT2D eigenvalue weighted by Gasteiger charge is -2.37. The van der Waals surface area contributed by atoms with E-state index in [1.807, 2.05) is 37.3 Å². The molecule has 5 rings (SSSR count). The van der Waals surface area contributed by atoms with Crippen molar-refractivity contribution in [2.75, 3.05) is 32.9 Å². The maximum atomic E-state index is 13.8. The summed E-state index contributed by atoms with van der Waals surface area (Å²) in [5, 5.41) is 22.3. The number of aliphatic hydroxyl groups is 1. The van der Waals surface area contributed by atoms with E-state index in [9.17, 15) is 19.0 Å². The van der Waals surface area contributed by atoms with Crippen LogP contribution in [0.3, 0.4) is 0 Å². The Morgan fingerprint density at radius 2 is 1.86 bits per heavy atom. The summed E-state index contributed by atoms with van der Waals surface area (Å²) in [4.78, 5) is 3.01. The Kier molecular flexibility index (Phi) is 6.73. The van der Waals surface area contributed by atoms with E-state index < -0.39 is 6.10 Å². The topological polar surface area (TPSA) is 52.9 Å². The van der Waals surface area contributed by atoms with Crippen molar-refractivity contribution in [3.63, 3.8) is 0 Å². The van der Waals surface area contributed by atoms with Crippen LogP contribution in [0.1, 0.15) is 22.8 Å². The maximum absolute atomic E-state index is 13.8. The third kappa shape index (κ3) is 4.89. The highest BCUT2D eigenvalue weighted by atomic mass is 32.1. The summed E-state index contributed by atoms with van der Waals surface area (Å²) in [7, 11) is 0. The van der Waals surface area contributed by atoms with Gasteiger partial charge in [0.05, 0.1) is 6.67 Å². The summed E-state index contributed by atoms with van der Waals surface area (Å²) in [6, 6.07) is 17.1. The van der Waals surface area contributed by atoms with Gasteiger partial charge in [-0.2, -0.15) is 0 Å². The molecule has 7 heteroatoms. The quantitative estimate of drug-likeness (QED) is 0.311. The predicted molar refractivity (Wildman–Crippen MR) is 136 cm³/mol. The van der Waals surface area contributed by atoms with Gasteiger partial charge in [0.2, 0.25) is 0 Å². The number of thiophene rings is 1. The molecule has 1 fully saturated rings. The number of fused-ring (bicyclic) bond motifs is 1. The van der Waals surface area contributed by atoms with Gasteiger partial charge in [-0.05, 0) is 71.5 Å². The van der Waals surface area contributed by atoms with Crippen LogP contribution in [0.2, 0.25) is 0 Å². The van der Waals surface area contributed by atoms with Crippen molar-refractivity contribution in [3.8, 4) is 21.9 Å². The molecule has 3 aromatic carbocycles. The molecule has 0 spiro atoms. The minimum Gasteiger partial charge on any atom is -0.508 e. The summed E-state index contributed by atoms with van der Waals surface area (Å²) in [5.74, 6) is 0.718. The first-order chi connectivity index (χ1) is 16.9. The molecular weight excluding hydrogens is 468 g/mol. The lowest BCUT2D eigenvalue weighted by Crippen LogP contribution is -2.49. The second-order valence-corrected chi connectivity index (χ2v) is 10.1. The van der Waals surface area contributed by atoms with Gasteiger partial charge in [0, 0.05) is 40.7 Å². The molecule has 0 amide bonds. The minimum absolute atomic E-state index is 0.155. The summed E-state index contributed by atoms with van der Waals surface area (Å²) in [6.07, 6.45) is -0.916. The fourth-order valence-electron chi connectivity index (χ4n) is 4.62.